The fourth-order valence-electron chi connectivity index (χ4n) is 4.39. The number of aliphatic carboxylic acids is 1. The molecule has 0 bridgehead atoms. The molecule has 0 radical (unpaired) electrons. The number of carboxylic acids is 1. The van der Waals surface area contributed by atoms with Crippen molar-refractivity contribution >= 4 is 11.9 Å². The van der Waals surface area contributed by atoms with E-state index in [0.29, 0.717) is 6.04 Å². The molecule has 1 aliphatic heterocycles. The molecule has 5 atom stereocenters. The number of hydrogen-bond acceptors (Lipinski definition) is 5. The Hall–Kier alpha value is -1.44. The number of hydrogen-bond donors (Lipinski definition) is 3. The Morgan fingerprint density at radius 3 is 2.26 bits per heavy atom. The van der Waals surface area contributed by atoms with Crippen molar-refractivity contribution in [1.29, 1.82) is 0 Å². The molecule has 1 amide bonds. The van der Waals surface area contributed by atoms with Crippen LogP contribution in [0.4, 0.5) is 0 Å². The number of amides is 1. The number of likely N-dealkylation sites (tertiary alicyclic amines) is 1. The number of piperidine rings is 1. The summed E-state index contributed by atoms with van der Waals surface area (Å²) in [5, 5.41) is 23.6. The summed E-state index contributed by atoms with van der Waals surface area (Å²) in [4.78, 5) is 28.7. The zero-order valence-electron chi connectivity index (χ0n) is 20.8. The van der Waals surface area contributed by atoms with E-state index < -0.39 is 18.2 Å². The van der Waals surface area contributed by atoms with E-state index in [1.54, 1.807) is 24.9 Å². The topological polar surface area (TPSA) is 93.1 Å². The average molecular weight is 440 g/mol. The summed E-state index contributed by atoms with van der Waals surface area (Å²) in [6, 6.07) is -0.527. The number of carbonyl (C=O) groups is 2. The zero-order chi connectivity index (χ0) is 23.9. The Bertz CT molecular complexity index is 620. The zero-order valence-corrected chi connectivity index (χ0v) is 20.8. The van der Waals surface area contributed by atoms with Crippen LogP contribution in [0, 0.1) is 11.8 Å². The van der Waals surface area contributed by atoms with E-state index in [1.807, 2.05) is 27.7 Å². The van der Waals surface area contributed by atoms with Gasteiger partial charge in [0.05, 0.1) is 12.1 Å². The highest BCUT2D eigenvalue weighted by Gasteiger charge is 2.36. The molecule has 3 unspecified atom stereocenters. The second kappa shape index (κ2) is 12.6. The Balaban J connectivity index is 3.04. The van der Waals surface area contributed by atoms with Crippen molar-refractivity contribution in [1.82, 2.24) is 15.1 Å². The van der Waals surface area contributed by atoms with Gasteiger partial charge >= 0.3 is 5.97 Å². The number of carbonyl (C=O) groups excluding carboxylic acids is 1. The van der Waals surface area contributed by atoms with E-state index in [-0.39, 0.29) is 35.4 Å². The summed E-state index contributed by atoms with van der Waals surface area (Å²) in [7, 11) is 1.72. The molecule has 1 heterocycles. The van der Waals surface area contributed by atoms with Gasteiger partial charge in [-0.1, -0.05) is 47.1 Å². The van der Waals surface area contributed by atoms with Gasteiger partial charge in [0.2, 0.25) is 5.91 Å². The largest absolute Gasteiger partial charge is 0.478 e. The Labute approximate surface area is 188 Å². The SMILES string of the molecule is CCC(C)N1CCCCC1[C@@H](O)NC(C(=O)N(C)[C@H](/C=C(\C)C(=O)O)C(C)C)C(C)C. The first-order chi connectivity index (χ1) is 14.4. The fourth-order valence-corrected chi connectivity index (χ4v) is 4.39. The third-order valence-electron chi connectivity index (χ3n) is 6.63. The van der Waals surface area contributed by atoms with Crippen molar-refractivity contribution in [2.75, 3.05) is 13.6 Å². The second-order valence-corrected chi connectivity index (χ2v) is 9.73. The molecule has 3 N–H and O–H groups in total. The lowest BCUT2D eigenvalue weighted by Crippen LogP contribution is -2.61. The molecule has 0 saturated carbocycles. The third-order valence-corrected chi connectivity index (χ3v) is 6.63. The fraction of sp³-hybridized carbons (Fsp3) is 0.833. The van der Waals surface area contributed by atoms with E-state index in [4.69, 9.17) is 0 Å². The van der Waals surface area contributed by atoms with Crippen LogP contribution in [0.5, 0.6) is 0 Å². The molecular formula is C24H45N3O4. The van der Waals surface area contributed by atoms with Crippen LogP contribution in [-0.2, 0) is 9.59 Å². The maximum Gasteiger partial charge on any atom is 0.331 e. The molecule has 1 rings (SSSR count). The van der Waals surface area contributed by atoms with Crippen molar-refractivity contribution < 1.29 is 19.8 Å². The van der Waals surface area contributed by atoms with Gasteiger partial charge in [0.25, 0.3) is 0 Å². The highest BCUT2D eigenvalue weighted by Crippen LogP contribution is 2.24. The van der Waals surface area contributed by atoms with Crippen LogP contribution in [0.15, 0.2) is 11.6 Å². The van der Waals surface area contributed by atoms with Crippen LogP contribution in [0.1, 0.15) is 74.1 Å². The van der Waals surface area contributed by atoms with Crippen LogP contribution < -0.4 is 5.32 Å². The van der Waals surface area contributed by atoms with E-state index >= 15 is 0 Å². The number of carboxylic acid groups (broad SMARTS) is 1. The Morgan fingerprint density at radius 2 is 1.77 bits per heavy atom. The van der Waals surface area contributed by atoms with E-state index in [0.717, 1.165) is 32.2 Å². The lowest BCUT2D eigenvalue weighted by molar-refractivity contribution is -0.137. The molecule has 1 aliphatic rings. The predicted octanol–water partition coefficient (Wildman–Crippen LogP) is 3.09. The Kier molecular flexibility index (Phi) is 11.2. The van der Waals surface area contributed by atoms with Crippen LogP contribution in [0.2, 0.25) is 0 Å². The second-order valence-electron chi connectivity index (χ2n) is 9.73. The van der Waals surface area contributed by atoms with Crippen molar-refractivity contribution in [2.45, 2.75) is 105 Å². The van der Waals surface area contributed by atoms with Crippen LogP contribution in [0.3, 0.4) is 0 Å². The molecule has 0 aliphatic carbocycles. The third kappa shape index (κ3) is 7.58. The van der Waals surface area contributed by atoms with E-state index in [9.17, 15) is 19.8 Å². The van der Waals surface area contributed by atoms with Crippen LogP contribution >= 0.6 is 0 Å². The van der Waals surface area contributed by atoms with E-state index in [1.165, 1.54) is 0 Å². The predicted molar refractivity (Wildman–Crippen MR) is 125 cm³/mol. The molecule has 1 saturated heterocycles. The summed E-state index contributed by atoms with van der Waals surface area (Å²) in [5.41, 5.74) is 0.221. The highest BCUT2D eigenvalue weighted by molar-refractivity contribution is 5.86. The van der Waals surface area contributed by atoms with Gasteiger partial charge in [0, 0.05) is 24.7 Å². The van der Waals surface area contributed by atoms with Crippen LogP contribution in [-0.4, -0.2) is 75.9 Å². The first-order valence-electron chi connectivity index (χ1n) is 11.8. The van der Waals surface area contributed by atoms with Gasteiger partial charge in [-0.05, 0) is 51.5 Å². The first kappa shape index (κ1) is 27.6. The first-order valence-corrected chi connectivity index (χ1v) is 11.8. The number of likely N-dealkylation sites (N-methyl/N-ethyl adjacent to an activating group) is 1. The number of nitrogens with zero attached hydrogens (tertiary/aromatic N) is 2. The van der Waals surface area contributed by atoms with Crippen molar-refractivity contribution in [3.05, 3.63) is 11.6 Å². The van der Waals surface area contributed by atoms with Crippen molar-refractivity contribution in [3.8, 4) is 0 Å². The number of aliphatic hydroxyl groups excluding tert-OH is 1. The lowest BCUT2D eigenvalue weighted by atomic mass is 9.95. The summed E-state index contributed by atoms with van der Waals surface area (Å²) in [5.74, 6) is -1.08. The molecule has 1 fully saturated rings. The molecular weight excluding hydrogens is 394 g/mol. The molecule has 31 heavy (non-hydrogen) atoms. The maximum absolute atomic E-state index is 13.4. The maximum atomic E-state index is 13.4. The molecule has 7 heteroatoms. The summed E-state index contributed by atoms with van der Waals surface area (Å²) < 4.78 is 0. The summed E-state index contributed by atoms with van der Waals surface area (Å²) >= 11 is 0. The normalized spacial score (nSPS) is 22.3. The van der Waals surface area contributed by atoms with Gasteiger partial charge in [-0.2, -0.15) is 0 Å². The summed E-state index contributed by atoms with van der Waals surface area (Å²) in [6.45, 7) is 14.7. The molecule has 0 aromatic rings. The molecule has 0 aromatic carbocycles. The van der Waals surface area contributed by atoms with Crippen molar-refractivity contribution in [2.24, 2.45) is 11.8 Å². The molecule has 0 spiro atoms. The molecule has 7 nitrogen and oxygen atoms in total. The van der Waals surface area contributed by atoms with Gasteiger partial charge in [-0.15, -0.1) is 0 Å². The number of rotatable bonds is 11. The number of aliphatic hydroxyl groups is 1. The average Bonchev–Trinajstić information content (AvgIpc) is 2.73. The molecule has 0 aromatic heterocycles. The van der Waals surface area contributed by atoms with Gasteiger partial charge in [0.15, 0.2) is 0 Å². The minimum atomic E-state index is -0.983. The monoisotopic (exact) mass is 439 g/mol. The minimum Gasteiger partial charge on any atom is -0.478 e. The highest BCUT2D eigenvalue weighted by atomic mass is 16.4. The van der Waals surface area contributed by atoms with Crippen molar-refractivity contribution in [3.63, 3.8) is 0 Å². The smallest absolute Gasteiger partial charge is 0.331 e. The molecule has 180 valence electrons. The van der Waals surface area contributed by atoms with Gasteiger partial charge in [0.1, 0.15) is 6.23 Å². The standard InChI is InChI=1S/C24H45N3O4/c1-9-18(7)27-13-11-10-12-19(27)22(28)25-21(16(4)5)23(29)26(8)20(15(2)3)14-17(6)24(30)31/h14-16,18-22,25,28H,9-13H2,1-8H3,(H,30,31)/b17-14+/t18?,19?,20-,21?,22-/m1/s1. The quantitative estimate of drug-likeness (QED) is 0.338. The van der Waals surface area contributed by atoms with Gasteiger partial charge in [-0.25, -0.2) is 4.79 Å². The minimum absolute atomic E-state index is 0.0156. The van der Waals surface area contributed by atoms with Crippen LogP contribution in [0.25, 0.3) is 0 Å². The lowest BCUT2D eigenvalue weighted by Gasteiger charge is -2.43. The van der Waals surface area contributed by atoms with Gasteiger partial charge < -0.3 is 15.1 Å². The van der Waals surface area contributed by atoms with Gasteiger partial charge in [-0.3, -0.25) is 15.0 Å². The van der Waals surface area contributed by atoms with E-state index in [2.05, 4.69) is 24.1 Å². The Morgan fingerprint density at radius 1 is 1.16 bits per heavy atom. The summed E-state index contributed by atoms with van der Waals surface area (Å²) in [6.07, 6.45) is 4.98. The number of nitrogens with one attached hydrogen (secondary N) is 1.